The fourth-order valence-corrected chi connectivity index (χ4v) is 3.86. The van der Waals surface area contributed by atoms with Gasteiger partial charge < -0.3 is 15.3 Å². The van der Waals surface area contributed by atoms with Crippen molar-refractivity contribution in [2.45, 2.75) is 31.5 Å². The average Bonchev–Trinajstić information content (AvgIpc) is 3.08. The third-order valence-electron chi connectivity index (χ3n) is 5.44. The number of amides is 4. The first-order valence-corrected chi connectivity index (χ1v) is 9.71. The first-order valence-electron chi connectivity index (χ1n) is 9.71. The second kappa shape index (κ2) is 8.02. The minimum absolute atomic E-state index is 0.128. The lowest BCUT2D eigenvalue weighted by Gasteiger charge is -2.29. The largest absolute Gasteiger partial charge is 0.479 e. The standard InChI is InChI=1S/C22H19N3O6/c26-17-9-8-16(20(28)23-17)25-11-14-10-13(6-7-15(14)21(25)29)19(27)24-18(22(30)31)12-4-2-1-3-5-12/h1-7,10,16,18H,8-9,11H2,(H,24,27)(H,30,31)(H,23,26,28)/t16?,18-/m0/s1. The van der Waals surface area contributed by atoms with E-state index in [1.54, 1.807) is 30.3 Å². The molecule has 3 N–H and O–H groups in total. The second-order valence-electron chi connectivity index (χ2n) is 7.43. The molecule has 2 aromatic rings. The van der Waals surface area contributed by atoms with E-state index >= 15 is 0 Å². The van der Waals surface area contributed by atoms with Gasteiger partial charge in [-0.25, -0.2) is 4.79 Å². The molecule has 9 heteroatoms. The molecule has 0 aliphatic carbocycles. The molecule has 0 radical (unpaired) electrons. The van der Waals surface area contributed by atoms with Gasteiger partial charge in [0.1, 0.15) is 6.04 Å². The zero-order chi connectivity index (χ0) is 22.1. The van der Waals surface area contributed by atoms with E-state index in [1.807, 2.05) is 0 Å². The van der Waals surface area contributed by atoms with Crippen LogP contribution in [0.2, 0.25) is 0 Å². The van der Waals surface area contributed by atoms with Crippen LogP contribution >= 0.6 is 0 Å². The minimum atomic E-state index is -1.22. The van der Waals surface area contributed by atoms with Gasteiger partial charge >= 0.3 is 5.97 Å². The first kappa shape index (κ1) is 20.3. The zero-order valence-electron chi connectivity index (χ0n) is 16.3. The Kier molecular flexibility index (Phi) is 5.24. The molecule has 4 rings (SSSR count). The van der Waals surface area contributed by atoms with Gasteiger partial charge in [0.25, 0.3) is 11.8 Å². The van der Waals surface area contributed by atoms with Crippen LogP contribution in [0.4, 0.5) is 0 Å². The van der Waals surface area contributed by atoms with Gasteiger partial charge in [-0.3, -0.25) is 24.5 Å². The third kappa shape index (κ3) is 3.89. The van der Waals surface area contributed by atoms with Crippen LogP contribution in [0.15, 0.2) is 48.5 Å². The van der Waals surface area contributed by atoms with E-state index in [0.717, 1.165) is 0 Å². The number of imide groups is 1. The van der Waals surface area contributed by atoms with Crippen LogP contribution in [0.25, 0.3) is 0 Å². The number of benzene rings is 2. The lowest BCUT2D eigenvalue weighted by molar-refractivity contribution is -0.139. The quantitative estimate of drug-likeness (QED) is 0.617. The molecular weight excluding hydrogens is 402 g/mol. The summed E-state index contributed by atoms with van der Waals surface area (Å²) < 4.78 is 0. The SMILES string of the molecule is O=C1CCC(N2Cc3cc(C(=O)N[C@H](C(=O)O)c4ccccc4)ccc3C2=O)C(=O)N1. The summed E-state index contributed by atoms with van der Waals surface area (Å²) in [4.78, 5) is 62.0. The predicted molar refractivity (Wildman–Crippen MR) is 107 cm³/mol. The number of fused-ring (bicyclic) bond motifs is 1. The van der Waals surface area contributed by atoms with E-state index in [0.29, 0.717) is 16.7 Å². The van der Waals surface area contributed by atoms with Crippen molar-refractivity contribution in [2.75, 3.05) is 0 Å². The van der Waals surface area contributed by atoms with Gasteiger partial charge in [0, 0.05) is 24.1 Å². The maximum Gasteiger partial charge on any atom is 0.330 e. The molecule has 2 heterocycles. The van der Waals surface area contributed by atoms with Gasteiger partial charge in [-0.2, -0.15) is 0 Å². The normalized spacial score (nSPS) is 18.9. The fourth-order valence-electron chi connectivity index (χ4n) is 3.86. The van der Waals surface area contributed by atoms with E-state index in [1.165, 1.54) is 23.1 Å². The molecule has 9 nitrogen and oxygen atoms in total. The molecule has 0 aromatic heterocycles. The van der Waals surface area contributed by atoms with E-state index in [4.69, 9.17) is 0 Å². The lowest BCUT2D eigenvalue weighted by atomic mass is 10.0. The van der Waals surface area contributed by atoms with Crippen LogP contribution in [-0.2, 0) is 20.9 Å². The highest BCUT2D eigenvalue weighted by atomic mass is 16.4. The fraction of sp³-hybridized carbons (Fsp3) is 0.227. The number of carbonyl (C=O) groups excluding carboxylic acids is 4. The second-order valence-corrected chi connectivity index (χ2v) is 7.43. The van der Waals surface area contributed by atoms with E-state index < -0.39 is 29.9 Å². The first-order chi connectivity index (χ1) is 14.8. The number of hydrogen-bond acceptors (Lipinski definition) is 5. The van der Waals surface area contributed by atoms with E-state index in [-0.39, 0.29) is 36.8 Å². The molecule has 1 fully saturated rings. The van der Waals surface area contributed by atoms with Crippen molar-refractivity contribution in [3.05, 3.63) is 70.8 Å². The zero-order valence-corrected chi connectivity index (χ0v) is 16.3. The highest BCUT2D eigenvalue weighted by molar-refractivity contribution is 6.06. The number of nitrogens with one attached hydrogen (secondary N) is 2. The molecular formula is C22H19N3O6. The molecule has 158 valence electrons. The van der Waals surface area contributed by atoms with Crippen LogP contribution in [0.5, 0.6) is 0 Å². The van der Waals surface area contributed by atoms with Crippen LogP contribution < -0.4 is 10.6 Å². The summed E-state index contributed by atoms with van der Waals surface area (Å²) in [5.74, 6) is -3.01. The highest BCUT2D eigenvalue weighted by Gasteiger charge is 2.39. The van der Waals surface area contributed by atoms with Gasteiger partial charge in [-0.05, 0) is 35.7 Å². The van der Waals surface area contributed by atoms with Crippen LogP contribution in [0.3, 0.4) is 0 Å². The monoisotopic (exact) mass is 421 g/mol. The molecule has 0 spiro atoms. The Bertz CT molecular complexity index is 1100. The molecule has 0 saturated carbocycles. The van der Waals surface area contributed by atoms with Crippen molar-refractivity contribution in [3.63, 3.8) is 0 Å². The average molecular weight is 421 g/mol. The topological polar surface area (TPSA) is 133 Å². The molecule has 2 aromatic carbocycles. The maximum absolute atomic E-state index is 12.7. The minimum Gasteiger partial charge on any atom is -0.479 e. The Balaban J connectivity index is 1.53. The third-order valence-corrected chi connectivity index (χ3v) is 5.44. The molecule has 2 atom stereocenters. The molecule has 2 aliphatic heterocycles. The Morgan fingerprint density at radius 3 is 2.52 bits per heavy atom. The highest BCUT2D eigenvalue weighted by Crippen LogP contribution is 2.28. The lowest BCUT2D eigenvalue weighted by Crippen LogP contribution is -2.52. The molecule has 2 aliphatic rings. The molecule has 4 amide bonds. The smallest absolute Gasteiger partial charge is 0.330 e. The van der Waals surface area contributed by atoms with Crippen molar-refractivity contribution < 1.29 is 29.1 Å². The van der Waals surface area contributed by atoms with Gasteiger partial charge in [0.05, 0.1) is 0 Å². The van der Waals surface area contributed by atoms with Crippen molar-refractivity contribution >= 4 is 29.6 Å². The summed E-state index contributed by atoms with van der Waals surface area (Å²) in [5.41, 5.74) is 1.58. The summed E-state index contributed by atoms with van der Waals surface area (Å²) in [7, 11) is 0. The maximum atomic E-state index is 12.7. The van der Waals surface area contributed by atoms with Crippen molar-refractivity contribution in [3.8, 4) is 0 Å². The number of carbonyl (C=O) groups is 5. The summed E-state index contributed by atoms with van der Waals surface area (Å²) in [6, 6.07) is 10.8. The van der Waals surface area contributed by atoms with Crippen LogP contribution in [-0.4, -0.2) is 45.6 Å². The van der Waals surface area contributed by atoms with Crippen molar-refractivity contribution in [2.24, 2.45) is 0 Å². The van der Waals surface area contributed by atoms with Gasteiger partial charge in [-0.15, -0.1) is 0 Å². The Hall–Kier alpha value is -4.01. The number of hydrogen-bond donors (Lipinski definition) is 3. The predicted octanol–water partition coefficient (Wildman–Crippen LogP) is 1.00. The Morgan fingerprint density at radius 1 is 1.10 bits per heavy atom. The molecule has 1 saturated heterocycles. The Morgan fingerprint density at radius 2 is 1.84 bits per heavy atom. The number of nitrogens with zero attached hydrogens (tertiary/aromatic N) is 1. The van der Waals surface area contributed by atoms with Crippen molar-refractivity contribution in [1.29, 1.82) is 0 Å². The number of piperidine rings is 1. The molecule has 31 heavy (non-hydrogen) atoms. The van der Waals surface area contributed by atoms with E-state index in [9.17, 15) is 29.1 Å². The van der Waals surface area contributed by atoms with Gasteiger partial charge in [-0.1, -0.05) is 30.3 Å². The van der Waals surface area contributed by atoms with Gasteiger partial charge in [0.2, 0.25) is 11.8 Å². The summed E-state index contributed by atoms with van der Waals surface area (Å²) in [6.45, 7) is 0.128. The number of carboxylic acids is 1. The van der Waals surface area contributed by atoms with Crippen LogP contribution in [0, 0.1) is 0 Å². The molecule has 0 bridgehead atoms. The summed E-state index contributed by atoms with van der Waals surface area (Å²) >= 11 is 0. The Labute approximate surface area is 177 Å². The number of aliphatic carboxylic acids is 1. The van der Waals surface area contributed by atoms with Crippen LogP contribution in [0.1, 0.15) is 50.7 Å². The van der Waals surface area contributed by atoms with Gasteiger partial charge in [0.15, 0.2) is 6.04 Å². The number of carboxylic acid groups (broad SMARTS) is 1. The van der Waals surface area contributed by atoms with E-state index in [2.05, 4.69) is 10.6 Å². The summed E-state index contributed by atoms with van der Waals surface area (Å²) in [6.07, 6.45) is 0.398. The number of rotatable bonds is 5. The van der Waals surface area contributed by atoms with Crippen molar-refractivity contribution in [1.82, 2.24) is 15.5 Å². The summed E-state index contributed by atoms with van der Waals surface area (Å²) in [5, 5.41) is 14.2. The molecule has 1 unspecified atom stereocenters.